The summed E-state index contributed by atoms with van der Waals surface area (Å²) < 4.78 is 1.11. The lowest BCUT2D eigenvalue weighted by Gasteiger charge is -2.33. The number of aromatic nitrogens is 1. The Balaban J connectivity index is 2.25. The molecule has 1 heterocycles. The quantitative estimate of drug-likeness (QED) is 0.834. The maximum absolute atomic E-state index is 6.40. The van der Waals surface area contributed by atoms with E-state index in [1.54, 1.807) is 11.3 Å². The Bertz CT molecular complexity index is 584. The van der Waals surface area contributed by atoms with Crippen LogP contribution in [0.4, 0.5) is 0 Å². The molecule has 0 bridgehead atoms. The standard InChI is InChI=1S/C16H22BrN3S/c1-4-15(18)16(13-7-5-6-8-14(13)17)20(3)9-12-10-21-11(2)19-12/h5-8,10,15-16H,4,9,18H2,1-3H3. The van der Waals surface area contributed by atoms with Crippen LogP contribution in [-0.4, -0.2) is 23.0 Å². The van der Waals surface area contributed by atoms with Gasteiger partial charge in [-0.05, 0) is 32.0 Å². The third-order valence-electron chi connectivity index (χ3n) is 3.65. The molecule has 0 saturated heterocycles. The largest absolute Gasteiger partial charge is 0.326 e. The van der Waals surface area contributed by atoms with Crippen LogP contribution in [0.25, 0.3) is 0 Å². The molecule has 2 rings (SSSR count). The van der Waals surface area contributed by atoms with Crippen molar-refractivity contribution in [2.24, 2.45) is 5.73 Å². The second kappa shape index (κ2) is 7.49. The second-order valence-electron chi connectivity index (χ2n) is 5.31. The summed E-state index contributed by atoms with van der Waals surface area (Å²) in [4.78, 5) is 6.85. The zero-order chi connectivity index (χ0) is 15.4. The fraction of sp³-hybridized carbons (Fsp3) is 0.438. The van der Waals surface area contributed by atoms with E-state index in [1.165, 1.54) is 5.56 Å². The van der Waals surface area contributed by atoms with Crippen molar-refractivity contribution >= 4 is 27.3 Å². The highest BCUT2D eigenvalue weighted by atomic mass is 79.9. The number of likely N-dealkylation sites (N-methyl/N-ethyl adjacent to an activating group) is 1. The minimum absolute atomic E-state index is 0.0911. The normalized spacial score (nSPS) is 14.4. The van der Waals surface area contributed by atoms with Gasteiger partial charge in [-0.2, -0.15) is 0 Å². The van der Waals surface area contributed by atoms with Gasteiger partial charge in [0.15, 0.2) is 0 Å². The molecule has 2 aromatic rings. The minimum Gasteiger partial charge on any atom is -0.326 e. The van der Waals surface area contributed by atoms with Crippen LogP contribution in [-0.2, 0) is 6.54 Å². The van der Waals surface area contributed by atoms with E-state index in [0.717, 1.165) is 28.1 Å². The number of hydrogen-bond acceptors (Lipinski definition) is 4. The molecule has 1 aromatic heterocycles. The molecule has 1 aromatic carbocycles. The average Bonchev–Trinajstić information content (AvgIpc) is 2.86. The predicted octanol–water partition coefficient (Wildman–Crippen LogP) is 4.12. The Morgan fingerprint density at radius 3 is 2.67 bits per heavy atom. The Hall–Kier alpha value is -0.750. The van der Waals surface area contributed by atoms with Crippen molar-refractivity contribution < 1.29 is 0 Å². The molecule has 3 nitrogen and oxygen atoms in total. The van der Waals surface area contributed by atoms with Gasteiger partial charge in [-0.15, -0.1) is 11.3 Å². The van der Waals surface area contributed by atoms with Crippen molar-refractivity contribution in [3.63, 3.8) is 0 Å². The van der Waals surface area contributed by atoms with Gasteiger partial charge in [0.05, 0.1) is 16.7 Å². The fourth-order valence-electron chi connectivity index (χ4n) is 2.57. The van der Waals surface area contributed by atoms with Crippen LogP contribution in [0.15, 0.2) is 34.1 Å². The van der Waals surface area contributed by atoms with Gasteiger partial charge < -0.3 is 5.73 Å². The number of rotatable bonds is 6. The van der Waals surface area contributed by atoms with Crippen LogP contribution in [0.3, 0.4) is 0 Å². The third kappa shape index (κ3) is 4.13. The Morgan fingerprint density at radius 1 is 1.38 bits per heavy atom. The fourth-order valence-corrected chi connectivity index (χ4v) is 3.69. The van der Waals surface area contributed by atoms with Gasteiger partial charge >= 0.3 is 0 Å². The molecule has 2 unspecified atom stereocenters. The highest BCUT2D eigenvalue weighted by molar-refractivity contribution is 9.10. The van der Waals surface area contributed by atoms with E-state index in [1.807, 2.05) is 13.0 Å². The molecular weight excluding hydrogens is 346 g/mol. The Morgan fingerprint density at radius 2 is 2.10 bits per heavy atom. The maximum Gasteiger partial charge on any atom is 0.0897 e. The second-order valence-corrected chi connectivity index (χ2v) is 7.23. The summed E-state index contributed by atoms with van der Waals surface area (Å²) in [5.41, 5.74) is 8.75. The molecule has 2 N–H and O–H groups in total. The molecule has 0 aliphatic heterocycles. The first-order chi connectivity index (χ1) is 10.0. The number of nitrogens with two attached hydrogens (primary N) is 1. The monoisotopic (exact) mass is 367 g/mol. The average molecular weight is 368 g/mol. The van der Waals surface area contributed by atoms with Gasteiger partial charge in [-0.1, -0.05) is 41.1 Å². The molecule has 114 valence electrons. The van der Waals surface area contributed by atoms with Crippen LogP contribution in [0.1, 0.15) is 35.7 Å². The number of hydrogen-bond donors (Lipinski definition) is 1. The topological polar surface area (TPSA) is 42.1 Å². The van der Waals surface area contributed by atoms with Gasteiger partial charge in [-0.25, -0.2) is 4.98 Å². The summed E-state index contributed by atoms with van der Waals surface area (Å²) in [5, 5.41) is 3.23. The molecule has 5 heteroatoms. The number of thiazole rings is 1. The van der Waals surface area contributed by atoms with Crippen LogP contribution in [0.2, 0.25) is 0 Å². The van der Waals surface area contributed by atoms with Crippen LogP contribution >= 0.6 is 27.3 Å². The van der Waals surface area contributed by atoms with Gasteiger partial charge in [0.25, 0.3) is 0 Å². The van der Waals surface area contributed by atoms with E-state index in [2.05, 4.69) is 63.4 Å². The zero-order valence-corrected chi connectivity index (χ0v) is 15.1. The molecule has 0 saturated carbocycles. The summed E-state index contributed by atoms with van der Waals surface area (Å²) in [6.45, 7) is 4.98. The first-order valence-corrected chi connectivity index (χ1v) is 8.81. The molecule has 0 radical (unpaired) electrons. The van der Waals surface area contributed by atoms with Gasteiger partial charge in [0.2, 0.25) is 0 Å². The highest BCUT2D eigenvalue weighted by Gasteiger charge is 2.25. The number of aryl methyl sites for hydroxylation is 1. The summed E-state index contributed by atoms with van der Waals surface area (Å²) in [6, 6.07) is 8.59. The van der Waals surface area contributed by atoms with E-state index in [9.17, 15) is 0 Å². The molecule has 0 fully saturated rings. The van der Waals surface area contributed by atoms with Crippen molar-refractivity contribution in [2.45, 2.75) is 38.9 Å². The first-order valence-electron chi connectivity index (χ1n) is 7.14. The van der Waals surface area contributed by atoms with E-state index >= 15 is 0 Å². The summed E-state index contributed by atoms with van der Waals surface area (Å²) in [6.07, 6.45) is 0.937. The minimum atomic E-state index is 0.0911. The molecule has 0 aliphatic rings. The van der Waals surface area contributed by atoms with Gasteiger partial charge in [0.1, 0.15) is 0 Å². The third-order valence-corrected chi connectivity index (χ3v) is 5.20. The Kier molecular flexibility index (Phi) is 5.93. The number of benzene rings is 1. The lowest BCUT2D eigenvalue weighted by molar-refractivity contribution is 0.199. The SMILES string of the molecule is CCC(N)C(c1ccccc1Br)N(C)Cc1csc(C)n1. The maximum atomic E-state index is 6.40. The zero-order valence-electron chi connectivity index (χ0n) is 12.7. The van der Waals surface area contributed by atoms with Crippen molar-refractivity contribution in [1.82, 2.24) is 9.88 Å². The summed E-state index contributed by atoms with van der Waals surface area (Å²) in [5.74, 6) is 0. The van der Waals surface area contributed by atoms with E-state index in [4.69, 9.17) is 5.73 Å². The van der Waals surface area contributed by atoms with Crippen molar-refractivity contribution in [3.05, 3.63) is 50.4 Å². The smallest absolute Gasteiger partial charge is 0.0897 e. The van der Waals surface area contributed by atoms with E-state index in [-0.39, 0.29) is 12.1 Å². The van der Waals surface area contributed by atoms with Gasteiger partial charge in [0, 0.05) is 22.4 Å². The van der Waals surface area contributed by atoms with Gasteiger partial charge in [-0.3, -0.25) is 4.90 Å². The van der Waals surface area contributed by atoms with E-state index < -0.39 is 0 Å². The van der Waals surface area contributed by atoms with Crippen molar-refractivity contribution in [2.75, 3.05) is 7.05 Å². The molecule has 2 atom stereocenters. The highest BCUT2D eigenvalue weighted by Crippen LogP contribution is 2.31. The summed E-state index contributed by atoms with van der Waals surface area (Å²) in [7, 11) is 2.12. The van der Waals surface area contributed by atoms with Crippen molar-refractivity contribution in [1.29, 1.82) is 0 Å². The van der Waals surface area contributed by atoms with Crippen molar-refractivity contribution in [3.8, 4) is 0 Å². The first kappa shape index (κ1) is 16.6. The molecule has 21 heavy (non-hydrogen) atoms. The summed E-state index contributed by atoms with van der Waals surface area (Å²) >= 11 is 5.35. The molecule has 0 aliphatic carbocycles. The predicted molar refractivity (Wildman–Crippen MR) is 93.5 cm³/mol. The van der Waals surface area contributed by atoms with Crippen LogP contribution < -0.4 is 5.73 Å². The molecule has 0 spiro atoms. The molecular formula is C16H22BrN3S. The lowest BCUT2D eigenvalue weighted by atomic mass is 9.96. The van der Waals surface area contributed by atoms with Crippen LogP contribution in [0, 0.1) is 6.92 Å². The number of nitrogens with zero attached hydrogens (tertiary/aromatic N) is 2. The molecule has 0 amide bonds. The lowest BCUT2D eigenvalue weighted by Crippen LogP contribution is -2.38. The van der Waals surface area contributed by atoms with Crippen LogP contribution in [0.5, 0.6) is 0 Å². The van der Waals surface area contributed by atoms with E-state index in [0.29, 0.717) is 0 Å². The number of halogens is 1. The Labute approximate surface area is 139 Å².